The minimum Gasteiger partial charge on any atom is -0.328 e. The molecule has 29 heavy (non-hydrogen) atoms. The Morgan fingerprint density at radius 3 is 2.79 bits per heavy atom. The number of hydrogen-bond acceptors (Lipinski definition) is 3. The maximum Gasteiger partial charge on any atom is 0.232 e. The Morgan fingerprint density at radius 1 is 1.14 bits per heavy atom. The third kappa shape index (κ3) is 3.92. The summed E-state index contributed by atoms with van der Waals surface area (Å²) >= 11 is 0. The van der Waals surface area contributed by atoms with E-state index in [1.807, 2.05) is 18.3 Å². The number of fused-ring (bicyclic) bond motifs is 2. The smallest absolute Gasteiger partial charge is 0.232 e. The van der Waals surface area contributed by atoms with Crippen molar-refractivity contribution in [1.82, 2.24) is 14.9 Å². The number of rotatable bonds is 3. The summed E-state index contributed by atoms with van der Waals surface area (Å²) < 4.78 is 2.34. The molecule has 5 nitrogen and oxygen atoms in total. The number of aryl methyl sites for hydroxylation is 1. The second-order valence-corrected chi connectivity index (χ2v) is 8.44. The quantitative estimate of drug-likeness (QED) is 0.746. The van der Waals surface area contributed by atoms with Crippen LogP contribution in [0.5, 0.6) is 0 Å². The lowest BCUT2D eigenvalue weighted by Gasteiger charge is -2.37. The van der Waals surface area contributed by atoms with Gasteiger partial charge < -0.3 is 15.2 Å². The highest BCUT2D eigenvalue weighted by Gasteiger charge is 2.49. The van der Waals surface area contributed by atoms with Crippen molar-refractivity contribution in [3.63, 3.8) is 0 Å². The molecule has 3 aliphatic rings. The Labute approximate surface area is 184 Å². The minimum atomic E-state index is -0.209. The van der Waals surface area contributed by atoms with Crippen LogP contribution < -0.4 is 10.6 Å². The van der Waals surface area contributed by atoms with Gasteiger partial charge in [-0.25, -0.2) is 4.98 Å². The number of carbonyl (C=O) groups is 1. The van der Waals surface area contributed by atoms with Crippen LogP contribution in [-0.2, 0) is 17.8 Å². The molecule has 0 bridgehead atoms. The van der Waals surface area contributed by atoms with Gasteiger partial charge >= 0.3 is 0 Å². The summed E-state index contributed by atoms with van der Waals surface area (Å²) in [5, 5.41) is 6.66. The van der Waals surface area contributed by atoms with Crippen molar-refractivity contribution in [2.75, 3.05) is 18.4 Å². The fraction of sp³-hybridized carbons (Fsp3) is 0.545. The van der Waals surface area contributed by atoms with E-state index < -0.39 is 0 Å². The molecule has 1 saturated carbocycles. The van der Waals surface area contributed by atoms with E-state index in [4.69, 9.17) is 0 Å². The molecule has 1 saturated heterocycles. The van der Waals surface area contributed by atoms with Crippen molar-refractivity contribution in [2.45, 2.75) is 51.5 Å². The van der Waals surface area contributed by atoms with Gasteiger partial charge in [0.1, 0.15) is 5.82 Å². The van der Waals surface area contributed by atoms with Crippen LogP contribution in [-0.4, -0.2) is 28.5 Å². The average molecular weight is 437 g/mol. The Morgan fingerprint density at radius 2 is 1.97 bits per heavy atom. The van der Waals surface area contributed by atoms with E-state index in [1.165, 1.54) is 31.4 Å². The number of carbonyl (C=O) groups excluding carboxylic acids is 1. The van der Waals surface area contributed by atoms with Crippen LogP contribution in [0.4, 0.5) is 5.69 Å². The first kappa shape index (κ1) is 22.1. The van der Waals surface area contributed by atoms with Crippen LogP contribution in [0.25, 0.3) is 11.4 Å². The van der Waals surface area contributed by atoms with Crippen molar-refractivity contribution in [3.05, 3.63) is 36.2 Å². The molecule has 2 aromatic rings. The normalized spacial score (nSPS) is 25.2. The van der Waals surface area contributed by atoms with Gasteiger partial charge in [0, 0.05) is 36.2 Å². The van der Waals surface area contributed by atoms with Crippen LogP contribution in [0.3, 0.4) is 0 Å². The van der Waals surface area contributed by atoms with Crippen molar-refractivity contribution in [3.8, 4) is 11.4 Å². The van der Waals surface area contributed by atoms with Gasteiger partial charge in [-0.3, -0.25) is 4.79 Å². The lowest BCUT2D eigenvalue weighted by Crippen LogP contribution is -2.44. The fourth-order valence-electron chi connectivity index (χ4n) is 5.32. The predicted octanol–water partition coefficient (Wildman–Crippen LogP) is 4.45. The third-order valence-electron chi connectivity index (χ3n) is 6.89. The zero-order chi connectivity index (χ0) is 18.3. The van der Waals surface area contributed by atoms with E-state index in [2.05, 4.69) is 32.3 Å². The van der Waals surface area contributed by atoms with Gasteiger partial charge in [-0.1, -0.05) is 12.8 Å². The molecule has 3 heterocycles. The second-order valence-electron chi connectivity index (χ2n) is 8.44. The maximum atomic E-state index is 13.1. The first-order valence-corrected chi connectivity index (χ1v) is 10.4. The molecule has 1 aromatic heterocycles. The third-order valence-corrected chi connectivity index (χ3v) is 6.89. The fourth-order valence-corrected chi connectivity index (χ4v) is 5.32. The summed E-state index contributed by atoms with van der Waals surface area (Å²) in [5.74, 6) is 1.73. The predicted molar refractivity (Wildman–Crippen MR) is 121 cm³/mol. The SMILES string of the molecule is Cl.Cl.O=C(Nc1ccc(-c2ncc3n2CCCC3)cc1)[C@@]12CCCC[C@H]1CNC2. The molecule has 1 aromatic carbocycles. The molecule has 5 rings (SSSR count). The number of imidazole rings is 1. The Bertz CT molecular complexity index is 851. The minimum absolute atomic E-state index is 0. The number of aromatic nitrogens is 2. The summed E-state index contributed by atoms with van der Waals surface area (Å²) in [4.78, 5) is 17.8. The molecule has 2 fully saturated rings. The molecule has 0 radical (unpaired) electrons. The first-order chi connectivity index (χ1) is 13.3. The highest BCUT2D eigenvalue weighted by atomic mass is 35.5. The largest absolute Gasteiger partial charge is 0.328 e. The number of nitrogens with zero attached hydrogens (tertiary/aromatic N) is 2. The Hall–Kier alpha value is -1.56. The molecule has 158 valence electrons. The van der Waals surface area contributed by atoms with Crippen LogP contribution in [0.2, 0.25) is 0 Å². The number of anilines is 1. The zero-order valence-corrected chi connectivity index (χ0v) is 18.3. The molecule has 2 N–H and O–H groups in total. The molecule has 2 atom stereocenters. The monoisotopic (exact) mass is 436 g/mol. The van der Waals surface area contributed by atoms with E-state index in [1.54, 1.807) is 0 Å². The second kappa shape index (κ2) is 9.07. The number of hydrogen-bond donors (Lipinski definition) is 2. The van der Waals surface area contributed by atoms with E-state index in [-0.39, 0.29) is 36.1 Å². The summed E-state index contributed by atoms with van der Waals surface area (Å²) in [6, 6.07) is 8.22. The van der Waals surface area contributed by atoms with Gasteiger partial charge in [0.05, 0.1) is 5.41 Å². The van der Waals surface area contributed by atoms with Gasteiger partial charge in [-0.15, -0.1) is 24.8 Å². The van der Waals surface area contributed by atoms with Crippen LogP contribution in [0.15, 0.2) is 30.5 Å². The van der Waals surface area contributed by atoms with E-state index >= 15 is 0 Å². The number of amides is 1. The summed E-state index contributed by atoms with van der Waals surface area (Å²) in [5.41, 5.74) is 3.14. The van der Waals surface area contributed by atoms with Gasteiger partial charge in [0.15, 0.2) is 0 Å². The Kier molecular flexibility index (Phi) is 6.92. The van der Waals surface area contributed by atoms with Crippen molar-refractivity contribution >= 4 is 36.4 Å². The van der Waals surface area contributed by atoms with Crippen molar-refractivity contribution in [1.29, 1.82) is 0 Å². The maximum absolute atomic E-state index is 13.1. The highest BCUT2D eigenvalue weighted by Crippen LogP contribution is 2.44. The van der Waals surface area contributed by atoms with E-state index in [0.717, 1.165) is 56.0 Å². The molecule has 1 amide bonds. The summed E-state index contributed by atoms with van der Waals surface area (Å²) in [6.45, 7) is 2.86. The van der Waals surface area contributed by atoms with Crippen LogP contribution in [0.1, 0.15) is 44.2 Å². The standard InChI is InChI=1S/C22H28N4O.2ClH/c27-21(22-11-3-1-5-17(22)13-23-15-22)25-18-9-7-16(8-10-18)20-24-14-19-6-2-4-12-26(19)20;;/h7-10,14,17,23H,1-6,11-13,15H2,(H,25,27);2*1H/t17-,22+;;/m0../s1. The van der Waals surface area contributed by atoms with Crippen molar-refractivity contribution in [2.24, 2.45) is 11.3 Å². The number of halogens is 2. The van der Waals surface area contributed by atoms with Gasteiger partial charge in [0.25, 0.3) is 0 Å². The molecular weight excluding hydrogens is 407 g/mol. The lowest BCUT2D eigenvalue weighted by molar-refractivity contribution is -0.128. The average Bonchev–Trinajstić information content (AvgIpc) is 3.33. The lowest BCUT2D eigenvalue weighted by atomic mass is 9.67. The van der Waals surface area contributed by atoms with Crippen molar-refractivity contribution < 1.29 is 4.79 Å². The summed E-state index contributed by atoms with van der Waals surface area (Å²) in [6.07, 6.45) is 10.2. The van der Waals surface area contributed by atoms with E-state index in [9.17, 15) is 4.79 Å². The zero-order valence-electron chi connectivity index (χ0n) is 16.7. The molecular formula is C22H30Cl2N4O. The molecule has 1 aliphatic carbocycles. The molecule has 0 spiro atoms. The topological polar surface area (TPSA) is 59.0 Å². The van der Waals surface area contributed by atoms with Crippen LogP contribution >= 0.6 is 24.8 Å². The van der Waals surface area contributed by atoms with Crippen LogP contribution in [0, 0.1) is 11.3 Å². The molecule has 2 aliphatic heterocycles. The van der Waals surface area contributed by atoms with Gasteiger partial charge in [-0.2, -0.15) is 0 Å². The van der Waals surface area contributed by atoms with Gasteiger partial charge in [-0.05, 0) is 68.8 Å². The number of benzene rings is 1. The molecule has 7 heteroatoms. The molecule has 0 unspecified atom stereocenters. The van der Waals surface area contributed by atoms with Gasteiger partial charge in [0.2, 0.25) is 5.91 Å². The van der Waals surface area contributed by atoms with E-state index in [0.29, 0.717) is 5.92 Å². The Balaban J connectivity index is 0.00000120. The number of nitrogens with one attached hydrogen (secondary N) is 2. The summed E-state index contributed by atoms with van der Waals surface area (Å²) in [7, 11) is 0. The highest BCUT2D eigenvalue weighted by molar-refractivity contribution is 5.96. The first-order valence-electron chi connectivity index (χ1n) is 10.4.